The molecule has 2 aromatic carbocycles. The maximum Gasteiger partial charge on any atom is 0.449 e. The third-order valence-electron chi connectivity index (χ3n) is 5.21. The van der Waals surface area contributed by atoms with E-state index in [2.05, 4.69) is 14.9 Å². The van der Waals surface area contributed by atoms with Crippen LogP contribution in [-0.2, 0) is 12.7 Å². The zero-order valence-corrected chi connectivity index (χ0v) is 15.2. The second-order valence-corrected chi connectivity index (χ2v) is 7.22. The Morgan fingerprint density at radius 1 is 1.10 bits per heavy atom. The van der Waals surface area contributed by atoms with Crippen molar-refractivity contribution in [3.05, 3.63) is 64.1 Å². The van der Waals surface area contributed by atoms with Gasteiger partial charge in [-0.2, -0.15) is 13.2 Å². The summed E-state index contributed by atoms with van der Waals surface area (Å²) in [5.74, 6) is -0.828. The van der Waals surface area contributed by atoms with Gasteiger partial charge in [-0.3, -0.25) is 9.69 Å². The van der Waals surface area contributed by atoms with Crippen LogP contribution in [0.4, 0.5) is 13.2 Å². The van der Waals surface area contributed by atoms with E-state index in [4.69, 9.17) is 4.42 Å². The quantitative estimate of drug-likeness (QED) is 0.549. The van der Waals surface area contributed by atoms with E-state index < -0.39 is 12.0 Å². The highest BCUT2D eigenvalue weighted by Crippen LogP contribution is 2.32. The van der Waals surface area contributed by atoms with Crippen molar-refractivity contribution < 1.29 is 17.6 Å². The lowest BCUT2D eigenvalue weighted by molar-refractivity contribution is -0.144. The van der Waals surface area contributed by atoms with Gasteiger partial charge < -0.3 is 9.40 Å². The fourth-order valence-electron chi connectivity index (χ4n) is 3.53. The number of hydrogen-bond donors (Lipinski definition) is 1. The van der Waals surface area contributed by atoms with Crippen molar-refractivity contribution in [3.8, 4) is 11.3 Å². The number of nitrogens with one attached hydrogen (secondary N) is 1. The average Bonchev–Trinajstić information content (AvgIpc) is 3.10. The van der Waals surface area contributed by atoms with E-state index in [9.17, 15) is 18.0 Å². The lowest BCUT2D eigenvalue weighted by Gasteiger charge is -2.30. The van der Waals surface area contributed by atoms with Gasteiger partial charge in [0, 0.05) is 18.2 Å². The number of aromatic amines is 1. The highest BCUT2D eigenvalue weighted by molar-refractivity contribution is 6.00. The molecule has 0 unspecified atom stereocenters. The third-order valence-corrected chi connectivity index (χ3v) is 5.21. The summed E-state index contributed by atoms with van der Waals surface area (Å²) in [4.78, 5) is 20.8. The predicted octanol–water partition coefficient (Wildman–Crippen LogP) is 4.56. The molecule has 8 heteroatoms. The van der Waals surface area contributed by atoms with Gasteiger partial charge in [-0.25, -0.2) is 4.98 Å². The van der Waals surface area contributed by atoms with Crippen LogP contribution in [-0.4, -0.2) is 28.0 Å². The number of aromatic nitrogens is 2. The molecular weight excluding hydrogens is 383 g/mol. The zero-order valence-electron chi connectivity index (χ0n) is 15.2. The van der Waals surface area contributed by atoms with Gasteiger partial charge in [0.1, 0.15) is 11.3 Å². The topological polar surface area (TPSA) is 62.1 Å². The second-order valence-electron chi connectivity index (χ2n) is 7.22. The first-order valence-electron chi connectivity index (χ1n) is 9.24. The molecule has 0 atom stereocenters. The fraction of sp³-hybridized carbons (Fsp3) is 0.238. The van der Waals surface area contributed by atoms with Gasteiger partial charge in [-0.1, -0.05) is 24.3 Å². The van der Waals surface area contributed by atoms with Crippen molar-refractivity contribution in [2.24, 2.45) is 0 Å². The number of fused-ring (bicyclic) bond motifs is 3. The van der Waals surface area contributed by atoms with E-state index in [0.717, 1.165) is 25.2 Å². The molecule has 4 aromatic rings. The van der Waals surface area contributed by atoms with Crippen LogP contribution in [0.1, 0.15) is 17.8 Å². The molecule has 148 valence electrons. The van der Waals surface area contributed by atoms with Crippen LogP contribution in [0.2, 0.25) is 0 Å². The molecule has 0 saturated carbocycles. The monoisotopic (exact) mass is 399 g/mol. The fourth-order valence-corrected chi connectivity index (χ4v) is 3.53. The number of benzene rings is 2. The van der Waals surface area contributed by atoms with Crippen molar-refractivity contribution in [3.63, 3.8) is 0 Å². The van der Waals surface area contributed by atoms with Crippen LogP contribution < -0.4 is 5.43 Å². The summed E-state index contributed by atoms with van der Waals surface area (Å²) >= 11 is 0. The van der Waals surface area contributed by atoms with Crippen molar-refractivity contribution >= 4 is 22.0 Å². The molecule has 1 aliphatic heterocycles. The molecule has 3 heterocycles. The van der Waals surface area contributed by atoms with Crippen LogP contribution in [0, 0.1) is 0 Å². The Hall–Kier alpha value is -3.13. The number of nitrogens with zero attached hydrogens (tertiary/aromatic N) is 2. The summed E-state index contributed by atoms with van der Waals surface area (Å²) in [7, 11) is 0. The molecular formula is C21H16F3N3O2. The Balaban J connectivity index is 1.60. The van der Waals surface area contributed by atoms with E-state index >= 15 is 0 Å². The minimum atomic E-state index is -4.62. The van der Waals surface area contributed by atoms with Gasteiger partial charge in [0.2, 0.25) is 5.82 Å². The Morgan fingerprint density at radius 2 is 1.86 bits per heavy atom. The lowest BCUT2D eigenvalue weighted by Crippen LogP contribution is -2.36. The number of rotatable bonds is 3. The van der Waals surface area contributed by atoms with E-state index in [1.54, 1.807) is 0 Å². The van der Waals surface area contributed by atoms with Crippen molar-refractivity contribution in [1.82, 2.24) is 14.9 Å². The molecule has 0 aliphatic carbocycles. The molecule has 0 radical (unpaired) electrons. The van der Waals surface area contributed by atoms with E-state index in [-0.39, 0.29) is 27.4 Å². The maximum atomic E-state index is 13.0. The standard InChI is InChI=1S/C21H16F3N3O2/c22-21(23,24)20-25-15-7-6-14-16(28)10-17(29-19(14)18(15)26-20)13-4-2-12(3-5-13)11-27-8-1-9-27/h2-7,10H,1,8-9,11H2,(H,25,26). The van der Waals surface area contributed by atoms with Crippen LogP contribution in [0.25, 0.3) is 33.3 Å². The number of imidazole rings is 1. The first-order chi connectivity index (χ1) is 13.9. The third kappa shape index (κ3) is 3.19. The number of H-pyrrole nitrogens is 1. The summed E-state index contributed by atoms with van der Waals surface area (Å²) in [5, 5.41) is 0.191. The Morgan fingerprint density at radius 3 is 2.52 bits per heavy atom. The number of alkyl halides is 3. The van der Waals surface area contributed by atoms with Crippen molar-refractivity contribution in [1.29, 1.82) is 0 Å². The molecule has 1 aliphatic rings. The van der Waals surface area contributed by atoms with Crippen LogP contribution >= 0.6 is 0 Å². The van der Waals surface area contributed by atoms with Gasteiger partial charge in [0.15, 0.2) is 11.0 Å². The minimum Gasteiger partial charge on any atom is -0.453 e. The van der Waals surface area contributed by atoms with Gasteiger partial charge in [-0.15, -0.1) is 0 Å². The summed E-state index contributed by atoms with van der Waals surface area (Å²) in [5.41, 5.74) is 1.70. The summed E-state index contributed by atoms with van der Waals surface area (Å²) < 4.78 is 44.9. The summed E-state index contributed by atoms with van der Waals surface area (Å²) in [6.45, 7) is 3.07. The first kappa shape index (κ1) is 17.9. The molecule has 1 N–H and O–H groups in total. The van der Waals surface area contributed by atoms with Crippen LogP contribution in [0.3, 0.4) is 0 Å². The number of halogens is 3. The molecule has 29 heavy (non-hydrogen) atoms. The number of likely N-dealkylation sites (tertiary alicyclic amines) is 1. The second kappa shape index (κ2) is 6.45. The smallest absolute Gasteiger partial charge is 0.449 e. The van der Waals surface area contributed by atoms with Crippen molar-refractivity contribution in [2.75, 3.05) is 13.1 Å². The van der Waals surface area contributed by atoms with Crippen LogP contribution in [0.5, 0.6) is 0 Å². The molecule has 2 aromatic heterocycles. The normalized spacial score (nSPS) is 15.1. The van der Waals surface area contributed by atoms with Crippen molar-refractivity contribution in [2.45, 2.75) is 19.1 Å². The average molecular weight is 399 g/mol. The molecule has 5 nitrogen and oxygen atoms in total. The van der Waals surface area contributed by atoms with Gasteiger partial charge in [0.25, 0.3) is 0 Å². The molecule has 5 rings (SSSR count). The Kier molecular flexibility index (Phi) is 3.99. The lowest BCUT2D eigenvalue weighted by atomic mass is 10.1. The summed E-state index contributed by atoms with van der Waals surface area (Å²) in [6.07, 6.45) is -3.40. The van der Waals surface area contributed by atoms with E-state index in [0.29, 0.717) is 11.3 Å². The SMILES string of the molecule is O=c1cc(-c2ccc(CN3CCC3)cc2)oc2c1ccc1[nH]c(C(F)(F)F)nc12. The minimum absolute atomic E-state index is 0.0109. The first-order valence-corrected chi connectivity index (χ1v) is 9.24. The van der Waals surface area contributed by atoms with Gasteiger partial charge in [0.05, 0.1) is 10.9 Å². The maximum absolute atomic E-state index is 13.0. The van der Waals surface area contributed by atoms with E-state index in [1.807, 2.05) is 24.3 Å². The van der Waals surface area contributed by atoms with E-state index in [1.165, 1.54) is 24.6 Å². The molecule has 0 amide bonds. The molecule has 0 bridgehead atoms. The molecule has 1 fully saturated rings. The Labute approximate surface area is 162 Å². The largest absolute Gasteiger partial charge is 0.453 e. The molecule has 0 spiro atoms. The summed E-state index contributed by atoms with van der Waals surface area (Å²) in [6, 6.07) is 11.8. The van der Waals surface area contributed by atoms with Crippen LogP contribution in [0.15, 0.2) is 51.7 Å². The zero-order chi connectivity index (χ0) is 20.2. The number of hydrogen-bond acceptors (Lipinski definition) is 4. The highest BCUT2D eigenvalue weighted by atomic mass is 19.4. The predicted molar refractivity (Wildman–Crippen MR) is 102 cm³/mol. The van der Waals surface area contributed by atoms with Gasteiger partial charge >= 0.3 is 6.18 Å². The Bertz CT molecular complexity index is 1270. The highest BCUT2D eigenvalue weighted by Gasteiger charge is 2.35. The van der Waals surface area contributed by atoms with Gasteiger partial charge in [-0.05, 0) is 37.2 Å². The molecule has 1 saturated heterocycles.